The Hall–Kier alpha value is -2.23. The molecule has 1 N–H and O–H groups in total. The number of aromatic nitrogens is 3. The number of pyridine rings is 1. The molecule has 3 aromatic rings. The van der Waals surface area contributed by atoms with Crippen LogP contribution in [-0.4, -0.2) is 21.5 Å². The van der Waals surface area contributed by atoms with Crippen molar-refractivity contribution in [2.75, 3.05) is 11.9 Å². The van der Waals surface area contributed by atoms with E-state index in [2.05, 4.69) is 39.3 Å². The number of anilines is 1. The van der Waals surface area contributed by atoms with Crippen LogP contribution in [-0.2, 0) is 0 Å². The monoisotopic (exact) mass is 252 g/mol. The lowest BCUT2D eigenvalue weighted by Gasteiger charge is -2.10. The lowest BCUT2D eigenvalue weighted by Crippen LogP contribution is -2.04. The van der Waals surface area contributed by atoms with Crippen LogP contribution >= 0.6 is 0 Å². The molecular formula is C15H16N4. The Morgan fingerprint density at radius 1 is 1.11 bits per heavy atom. The van der Waals surface area contributed by atoms with Crippen molar-refractivity contribution in [1.29, 1.82) is 0 Å². The first kappa shape index (κ1) is 11.8. The molecule has 0 aliphatic carbocycles. The van der Waals surface area contributed by atoms with Gasteiger partial charge in [0.15, 0.2) is 5.65 Å². The van der Waals surface area contributed by atoms with Gasteiger partial charge >= 0.3 is 0 Å². The van der Waals surface area contributed by atoms with Crippen molar-refractivity contribution in [2.45, 2.75) is 19.8 Å². The van der Waals surface area contributed by atoms with Gasteiger partial charge in [-0.05, 0) is 11.8 Å². The highest BCUT2D eigenvalue weighted by Gasteiger charge is 2.08. The Labute approximate surface area is 111 Å². The largest absolute Gasteiger partial charge is 0.369 e. The average molecular weight is 252 g/mol. The molecule has 1 aromatic carbocycles. The van der Waals surface area contributed by atoms with E-state index in [1.165, 1.54) is 6.42 Å². The van der Waals surface area contributed by atoms with Gasteiger partial charge in [0, 0.05) is 23.5 Å². The summed E-state index contributed by atoms with van der Waals surface area (Å²) in [6.45, 7) is 3.12. The van der Waals surface area contributed by atoms with Crippen LogP contribution in [0.1, 0.15) is 19.8 Å². The molecule has 0 unspecified atom stereocenters. The van der Waals surface area contributed by atoms with Crippen LogP contribution in [0.3, 0.4) is 0 Å². The second kappa shape index (κ2) is 5.18. The van der Waals surface area contributed by atoms with E-state index in [1.807, 2.05) is 18.3 Å². The third-order valence-electron chi connectivity index (χ3n) is 3.20. The maximum atomic E-state index is 4.61. The van der Waals surface area contributed by atoms with Gasteiger partial charge in [-0.2, -0.15) is 0 Å². The highest BCUT2D eigenvalue weighted by atomic mass is 15.0. The molecule has 2 heterocycles. The van der Waals surface area contributed by atoms with Crippen LogP contribution in [0.15, 0.2) is 36.8 Å². The van der Waals surface area contributed by atoms with Gasteiger partial charge in [0.1, 0.15) is 12.1 Å². The lowest BCUT2D eigenvalue weighted by molar-refractivity contribution is 0.832. The summed E-state index contributed by atoms with van der Waals surface area (Å²) < 4.78 is 0. The molecule has 0 spiro atoms. The van der Waals surface area contributed by atoms with Gasteiger partial charge in [0.25, 0.3) is 0 Å². The molecular weight excluding hydrogens is 236 g/mol. The third kappa shape index (κ3) is 2.21. The van der Waals surface area contributed by atoms with Crippen LogP contribution in [0.25, 0.3) is 21.8 Å². The fraction of sp³-hybridized carbons (Fsp3) is 0.267. The SMILES string of the molecule is CCCCNc1nc2ncncc2c2ccccc12. The molecule has 3 rings (SSSR count). The van der Waals surface area contributed by atoms with Crippen molar-refractivity contribution in [3.63, 3.8) is 0 Å². The van der Waals surface area contributed by atoms with Gasteiger partial charge in [0.05, 0.1) is 0 Å². The molecule has 0 aliphatic rings. The molecule has 0 aliphatic heterocycles. The Bertz CT molecular complexity index is 709. The van der Waals surface area contributed by atoms with Crippen molar-refractivity contribution >= 4 is 27.6 Å². The van der Waals surface area contributed by atoms with Crippen LogP contribution < -0.4 is 5.32 Å². The number of hydrogen-bond acceptors (Lipinski definition) is 4. The predicted molar refractivity (Wildman–Crippen MR) is 78.2 cm³/mol. The molecule has 4 heteroatoms. The fourth-order valence-corrected chi connectivity index (χ4v) is 2.21. The zero-order valence-corrected chi connectivity index (χ0v) is 10.9. The molecule has 96 valence electrons. The maximum Gasteiger partial charge on any atom is 0.165 e. The minimum Gasteiger partial charge on any atom is -0.369 e. The molecule has 0 radical (unpaired) electrons. The first-order valence-corrected chi connectivity index (χ1v) is 6.62. The van der Waals surface area contributed by atoms with Gasteiger partial charge in [-0.15, -0.1) is 0 Å². The fourth-order valence-electron chi connectivity index (χ4n) is 2.21. The lowest BCUT2D eigenvalue weighted by atomic mass is 10.1. The van der Waals surface area contributed by atoms with Crippen molar-refractivity contribution < 1.29 is 0 Å². The zero-order chi connectivity index (χ0) is 13.1. The summed E-state index contributed by atoms with van der Waals surface area (Å²) in [5, 5.41) is 6.68. The normalized spacial score (nSPS) is 11.0. The topological polar surface area (TPSA) is 50.7 Å². The Balaban J connectivity index is 2.18. The van der Waals surface area contributed by atoms with E-state index in [0.717, 1.165) is 40.6 Å². The summed E-state index contributed by atoms with van der Waals surface area (Å²) in [5.74, 6) is 0.912. The van der Waals surface area contributed by atoms with Gasteiger partial charge in [-0.3, -0.25) is 0 Å². The van der Waals surface area contributed by atoms with E-state index in [9.17, 15) is 0 Å². The van der Waals surface area contributed by atoms with Crippen LogP contribution in [0.4, 0.5) is 5.82 Å². The number of benzene rings is 1. The quantitative estimate of drug-likeness (QED) is 0.571. The highest BCUT2D eigenvalue weighted by molar-refractivity contribution is 6.08. The van der Waals surface area contributed by atoms with Gasteiger partial charge in [0.2, 0.25) is 0 Å². The summed E-state index contributed by atoms with van der Waals surface area (Å²) in [7, 11) is 0. The first-order valence-electron chi connectivity index (χ1n) is 6.62. The minimum atomic E-state index is 0.743. The Morgan fingerprint density at radius 2 is 1.95 bits per heavy atom. The Kier molecular flexibility index (Phi) is 3.23. The summed E-state index contributed by atoms with van der Waals surface area (Å²) >= 11 is 0. The minimum absolute atomic E-state index is 0.743. The van der Waals surface area contributed by atoms with E-state index in [4.69, 9.17) is 0 Å². The van der Waals surface area contributed by atoms with E-state index in [-0.39, 0.29) is 0 Å². The molecule has 0 bridgehead atoms. The average Bonchev–Trinajstić information content (AvgIpc) is 2.47. The maximum absolute atomic E-state index is 4.61. The molecule has 19 heavy (non-hydrogen) atoms. The molecule has 0 atom stereocenters. The summed E-state index contributed by atoms with van der Waals surface area (Å²) in [6.07, 6.45) is 5.67. The second-order valence-electron chi connectivity index (χ2n) is 4.55. The number of unbranched alkanes of at least 4 members (excludes halogenated alkanes) is 1. The smallest absolute Gasteiger partial charge is 0.165 e. The van der Waals surface area contributed by atoms with Crippen molar-refractivity contribution in [3.05, 3.63) is 36.8 Å². The van der Waals surface area contributed by atoms with Crippen molar-refractivity contribution in [1.82, 2.24) is 15.0 Å². The van der Waals surface area contributed by atoms with Crippen molar-refractivity contribution in [2.24, 2.45) is 0 Å². The predicted octanol–water partition coefficient (Wildman–Crippen LogP) is 3.39. The first-order chi connectivity index (χ1) is 9.40. The van der Waals surface area contributed by atoms with Crippen LogP contribution in [0.5, 0.6) is 0 Å². The number of rotatable bonds is 4. The van der Waals surface area contributed by atoms with E-state index >= 15 is 0 Å². The Morgan fingerprint density at radius 3 is 2.79 bits per heavy atom. The van der Waals surface area contributed by atoms with E-state index in [1.54, 1.807) is 6.33 Å². The molecule has 0 amide bonds. The van der Waals surface area contributed by atoms with Crippen molar-refractivity contribution in [3.8, 4) is 0 Å². The van der Waals surface area contributed by atoms with E-state index in [0.29, 0.717) is 0 Å². The molecule has 4 nitrogen and oxygen atoms in total. The summed E-state index contributed by atoms with van der Waals surface area (Å²) in [5.41, 5.74) is 0.743. The molecule has 0 saturated heterocycles. The van der Waals surface area contributed by atoms with Crippen LogP contribution in [0, 0.1) is 0 Å². The van der Waals surface area contributed by atoms with Gasteiger partial charge in [-0.25, -0.2) is 15.0 Å². The summed E-state index contributed by atoms with van der Waals surface area (Å²) in [4.78, 5) is 13.0. The number of hydrogen-bond donors (Lipinski definition) is 1. The summed E-state index contributed by atoms with van der Waals surface area (Å²) in [6, 6.07) is 8.24. The van der Waals surface area contributed by atoms with E-state index < -0.39 is 0 Å². The van der Waals surface area contributed by atoms with Gasteiger partial charge in [-0.1, -0.05) is 37.6 Å². The molecule has 0 fully saturated rings. The number of nitrogens with zero attached hydrogens (tertiary/aromatic N) is 3. The standard InChI is InChI=1S/C15H16N4/c1-2-3-8-17-14-12-7-5-4-6-11(12)13-9-16-10-18-15(13)19-14/h4-7,9-10H,2-3,8H2,1H3,(H,16,17,18,19). The third-order valence-corrected chi connectivity index (χ3v) is 3.20. The zero-order valence-electron chi connectivity index (χ0n) is 10.9. The molecule has 0 saturated carbocycles. The molecule has 2 aromatic heterocycles. The highest BCUT2D eigenvalue weighted by Crippen LogP contribution is 2.27. The second-order valence-corrected chi connectivity index (χ2v) is 4.55. The van der Waals surface area contributed by atoms with Gasteiger partial charge < -0.3 is 5.32 Å². The van der Waals surface area contributed by atoms with Crippen LogP contribution in [0.2, 0.25) is 0 Å². The number of fused-ring (bicyclic) bond motifs is 3. The number of nitrogens with one attached hydrogen (secondary N) is 1.